The van der Waals surface area contributed by atoms with E-state index in [1.54, 1.807) is 28.0 Å². The van der Waals surface area contributed by atoms with Gasteiger partial charge in [-0.15, -0.1) is 33.3 Å². The van der Waals surface area contributed by atoms with Crippen LogP contribution in [-0.4, -0.2) is 28.0 Å². The lowest BCUT2D eigenvalue weighted by atomic mass is 9.69. The van der Waals surface area contributed by atoms with Gasteiger partial charge in [-0.1, -0.05) is 43.9 Å². The van der Waals surface area contributed by atoms with Crippen LogP contribution in [0.4, 0.5) is 5.13 Å². The zero-order chi connectivity index (χ0) is 22.3. The maximum Gasteiger partial charge on any atom is 0.219 e. The number of Topliss-reactive ketones (excluding diaryl/α,β-unsaturated/α-hetero) is 1. The van der Waals surface area contributed by atoms with Gasteiger partial charge in [-0.05, 0) is 40.9 Å². The molecule has 10 heteroatoms. The summed E-state index contributed by atoms with van der Waals surface area (Å²) < 4.78 is 1.94. The summed E-state index contributed by atoms with van der Waals surface area (Å²) in [5, 5.41) is 21.3. The average molecular weight is 490 g/mol. The maximum absolute atomic E-state index is 13.5. The number of aromatic nitrogens is 2. The molecule has 2 aliphatic rings. The number of rotatable bonds is 5. The van der Waals surface area contributed by atoms with Gasteiger partial charge in [0, 0.05) is 17.7 Å². The van der Waals surface area contributed by atoms with Crippen LogP contribution in [0.25, 0.3) is 0 Å². The maximum atomic E-state index is 13.5. The van der Waals surface area contributed by atoms with E-state index < -0.39 is 5.92 Å². The Hall–Kier alpha value is -1.80. The van der Waals surface area contributed by atoms with Crippen LogP contribution in [0.3, 0.4) is 0 Å². The molecule has 2 aromatic heterocycles. The predicted octanol–water partition coefficient (Wildman–Crippen LogP) is 5.37. The van der Waals surface area contributed by atoms with E-state index in [1.165, 1.54) is 23.1 Å². The Morgan fingerprint density at radius 1 is 1.39 bits per heavy atom. The zero-order valence-electron chi connectivity index (χ0n) is 17.8. The molecule has 3 heterocycles. The third-order valence-corrected chi connectivity index (χ3v) is 9.42. The van der Waals surface area contributed by atoms with Crippen molar-refractivity contribution in [3.63, 3.8) is 0 Å². The highest BCUT2D eigenvalue weighted by Gasteiger charge is 2.46. The Labute approximate surface area is 198 Å². The van der Waals surface area contributed by atoms with Crippen molar-refractivity contribution >= 4 is 57.1 Å². The number of nitriles is 1. The molecular weight excluding hydrogens is 467 g/mol. The number of thioether (sulfide) groups is 2. The lowest BCUT2D eigenvalue weighted by Gasteiger charge is -2.42. The van der Waals surface area contributed by atoms with Crippen molar-refractivity contribution in [2.75, 3.05) is 16.9 Å². The quantitative estimate of drug-likeness (QED) is 0.560. The van der Waals surface area contributed by atoms with E-state index in [0.29, 0.717) is 34.9 Å². The number of hydrogen-bond acceptors (Lipinski definition) is 10. The number of hydrogen-bond donors (Lipinski definition) is 1. The first-order chi connectivity index (χ1) is 14.8. The smallest absolute Gasteiger partial charge is 0.219 e. The zero-order valence-corrected chi connectivity index (χ0v) is 21.0. The molecule has 31 heavy (non-hydrogen) atoms. The molecule has 1 aliphatic heterocycles. The van der Waals surface area contributed by atoms with Crippen molar-refractivity contribution in [1.82, 2.24) is 10.2 Å². The number of thiophene rings is 1. The number of nitrogens with zero attached hydrogens (tertiary/aromatic N) is 4. The number of carbonyl (C=O) groups excluding carboxylic acids is 1. The molecule has 162 valence electrons. The molecular formula is C21H23N5OS4. The minimum Gasteiger partial charge on any atom is -0.384 e. The summed E-state index contributed by atoms with van der Waals surface area (Å²) in [5.41, 5.74) is 9.38. The monoisotopic (exact) mass is 489 g/mol. The third kappa shape index (κ3) is 3.93. The van der Waals surface area contributed by atoms with Crippen LogP contribution in [0.15, 0.2) is 42.7 Å². The number of carbonyl (C=O) groups is 1. The molecule has 0 aromatic carbocycles. The van der Waals surface area contributed by atoms with E-state index in [0.717, 1.165) is 25.6 Å². The van der Waals surface area contributed by atoms with Crippen LogP contribution in [-0.2, 0) is 4.79 Å². The van der Waals surface area contributed by atoms with Gasteiger partial charge in [0.1, 0.15) is 5.82 Å². The number of allylic oxidation sites excluding steroid dienone is 3. The van der Waals surface area contributed by atoms with Crippen molar-refractivity contribution in [1.29, 1.82) is 5.26 Å². The minimum absolute atomic E-state index is 0.0785. The highest BCUT2D eigenvalue weighted by atomic mass is 32.2. The molecule has 1 atom stereocenters. The highest BCUT2D eigenvalue weighted by Crippen LogP contribution is 2.52. The molecule has 0 fully saturated rings. The number of ketones is 1. The van der Waals surface area contributed by atoms with E-state index in [9.17, 15) is 10.1 Å². The van der Waals surface area contributed by atoms with Crippen LogP contribution in [0.2, 0.25) is 0 Å². The molecule has 6 nitrogen and oxygen atoms in total. The van der Waals surface area contributed by atoms with Gasteiger partial charge in [0.2, 0.25) is 5.13 Å². The fourth-order valence-electron chi connectivity index (χ4n) is 4.18. The molecule has 2 N–H and O–H groups in total. The van der Waals surface area contributed by atoms with E-state index in [4.69, 9.17) is 5.73 Å². The molecule has 0 bridgehead atoms. The van der Waals surface area contributed by atoms with Gasteiger partial charge in [-0.25, -0.2) is 0 Å². The molecule has 1 aliphatic carbocycles. The van der Waals surface area contributed by atoms with E-state index in [-0.39, 0.29) is 11.2 Å². The van der Waals surface area contributed by atoms with Crippen molar-refractivity contribution in [3.05, 3.63) is 39.7 Å². The fraction of sp³-hybridized carbons (Fsp3) is 0.429. The lowest BCUT2D eigenvalue weighted by molar-refractivity contribution is -0.118. The summed E-state index contributed by atoms with van der Waals surface area (Å²) in [5.74, 6) is 0.907. The SMILES string of the molecule is CCSc1sccc1C1C(C#N)=C(N)N(c2nnc(SC)s2)C2=C1C(=O)CC(C)(C)C2. The Morgan fingerprint density at radius 2 is 2.16 bits per heavy atom. The van der Waals surface area contributed by atoms with Crippen LogP contribution in [0.1, 0.15) is 45.1 Å². The summed E-state index contributed by atoms with van der Waals surface area (Å²) in [6, 6.07) is 4.36. The van der Waals surface area contributed by atoms with Crippen molar-refractivity contribution in [3.8, 4) is 6.07 Å². The number of nitrogens with two attached hydrogens (primary N) is 1. The van der Waals surface area contributed by atoms with Crippen LogP contribution < -0.4 is 10.6 Å². The molecule has 0 spiro atoms. The fourth-order valence-corrected chi connectivity index (χ4v) is 7.55. The average Bonchev–Trinajstić information content (AvgIpc) is 3.36. The van der Waals surface area contributed by atoms with E-state index in [2.05, 4.69) is 37.0 Å². The molecule has 0 saturated heterocycles. The van der Waals surface area contributed by atoms with E-state index in [1.807, 2.05) is 17.7 Å². The molecule has 0 radical (unpaired) electrons. The van der Waals surface area contributed by atoms with Gasteiger partial charge in [-0.2, -0.15) is 5.26 Å². The largest absolute Gasteiger partial charge is 0.384 e. The minimum atomic E-state index is -0.437. The summed E-state index contributed by atoms with van der Waals surface area (Å²) in [6.45, 7) is 6.29. The first-order valence-corrected chi connectivity index (χ1v) is 13.8. The van der Waals surface area contributed by atoms with Gasteiger partial charge in [-0.3, -0.25) is 9.69 Å². The third-order valence-electron chi connectivity index (χ3n) is 5.39. The topological polar surface area (TPSA) is 95.9 Å². The van der Waals surface area contributed by atoms with Crippen molar-refractivity contribution < 1.29 is 4.79 Å². The highest BCUT2D eigenvalue weighted by molar-refractivity contribution is 8.01. The summed E-state index contributed by atoms with van der Waals surface area (Å²) in [6.07, 6.45) is 3.07. The Bertz CT molecular complexity index is 1140. The first kappa shape index (κ1) is 22.4. The second kappa shape index (κ2) is 8.62. The van der Waals surface area contributed by atoms with Crippen LogP contribution in [0, 0.1) is 16.7 Å². The van der Waals surface area contributed by atoms with Gasteiger partial charge in [0.05, 0.1) is 21.8 Å². The molecule has 0 amide bonds. The predicted molar refractivity (Wildman–Crippen MR) is 130 cm³/mol. The van der Waals surface area contributed by atoms with Gasteiger partial charge >= 0.3 is 0 Å². The molecule has 2 aromatic rings. The second-order valence-corrected chi connectivity index (χ2v) is 12.6. The van der Waals surface area contributed by atoms with Gasteiger partial charge in [0.15, 0.2) is 10.1 Å². The van der Waals surface area contributed by atoms with E-state index >= 15 is 0 Å². The summed E-state index contributed by atoms with van der Waals surface area (Å²) in [4.78, 5) is 15.3. The van der Waals surface area contributed by atoms with Crippen LogP contribution in [0.5, 0.6) is 0 Å². The summed E-state index contributed by atoms with van der Waals surface area (Å²) >= 11 is 6.31. The molecule has 4 rings (SSSR count). The Balaban J connectivity index is 1.97. The van der Waals surface area contributed by atoms with Crippen molar-refractivity contribution in [2.45, 2.75) is 48.1 Å². The van der Waals surface area contributed by atoms with Crippen molar-refractivity contribution in [2.24, 2.45) is 11.1 Å². The summed E-state index contributed by atoms with van der Waals surface area (Å²) in [7, 11) is 0. The Kier molecular flexibility index (Phi) is 6.23. The Morgan fingerprint density at radius 3 is 2.81 bits per heavy atom. The normalized spacial score (nSPS) is 20.8. The van der Waals surface area contributed by atoms with Crippen LogP contribution >= 0.6 is 46.2 Å². The van der Waals surface area contributed by atoms with Gasteiger partial charge < -0.3 is 5.73 Å². The number of anilines is 1. The second-order valence-electron chi connectivity index (χ2n) is 8.13. The van der Waals surface area contributed by atoms with Gasteiger partial charge in [0.25, 0.3) is 0 Å². The first-order valence-electron chi connectivity index (χ1n) is 9.85. The molecule has 0 saturated carbocycles. The standard InChI is InChI=1S/C21H23N5OS4/c1-5-29-18-11(6-7-30-18)15-12(10-22)17(23)26(19-24-25-20(28-4)31-19)13-8-21(2,3)9-14(27)16(13)15/h6-7,15H,5,8-9,23H2,1-4H3. The lowest BCUT2D eigenvalue weighted by Crippen LogP contribution is -2.42. The molecule has 1 unspecified atom stereocenters.